The van der Waals surface area contributed by atoms with E-state index < -0.39 is 0 Å². The molecule has 0 bridgehead atoms. The third-order valence-electron chi connectivity index (χ3n) is 5.39. The molecule has 4 rings (SSSR count). The van der Waals surface area contributed by atoms with E-state index in [1.54, 1.807) is 0 Å². The van der Waals surface area contributed by atoms with Crippen molar-refractivity contribution in [3.05, 3.63) is 119 Å². The van der Waals surface area contributed by atoms with Gasteiger partial charge >= 0.3 is 0 Å². The minimum absolute atomic E-state index is 0.230. The van der Waals surface area contributed by atoms with Crippen molar-refractivity contribution in [3.63, 3.8) is 0 Å². The first-order valence-corrected chi connectivity index (χ1v) is 9.06. The van der Waals surface area contributed by atoms with E-state index in [4.69, 9.17) is 5.73 Å². The molecule has 128 valence electrons. The second kappa shape index (κ2) is 6.68. The second-order valence-electron chi connectivity index (χ2n) is 7.10. The summed E-state index contributed by atoms with van der Waals surface area (Å²) in [7, 11) is 0. The van der Waals surface area contributed by atoms with E-state index in [9.17, 15) is 0 Å². The lowest BCUT2D eigenvalue weighted by molar-refractivity contribution is 0.564. The lowest BCUT2D eigenvalue weighted by Gasteiger charge is -2.37. The van der Waals surface area contributed by atoms with Crippen LogP contribution in [0.25, 0.3) is 11.1 Å². The molecule has 0 aromatic heterocycles. The van der Waals surface area contributed by atoms with Crippen molar-refractivity contribution >= 4 is 11.1 Å². The van der Waals surface area contributed by atoms with Gasteiger partial charge in [0.05, 0.1) is 0 Å². The summed E-state index contributed by atoms with van der Waals surface area (Å²) in [5, 5.41) is 0. The molecule has 3 aromatic rings. The minimum atomic E-state index is -0.230. The molecule has 0 saturated carbocycles. The monoisotopic (exact) mass is 337 g/mol. The number of nitrogens with two attached hydrogens (primary N) is 1. The highest BCUT2D eigenvalue weighted by Gasteiger charge is 2.35. The van der Waals surface area contributed by atoms with Crippen LogP contribution >= 0.6 is 0 Å². The number of allylic oxidation sites excluding steroid dienone is 4. The maximum atomic E-state index is 6.80. The standard InChI is InChI=1S/C25H23N/c1-25(22-15-9-4-10-16-22)18-21(19-11-5-2-6-12-19)17-23(24(25)26)20-13-7-3-8-14-20/h2-17H,18,26H2,1H3. The van der Waals surface area contributed by atoms with E-state index in [1.165, 1.54) is 22.3 Å². The first-order valence-electron chi connectivity index (χ1n) is 9.06. The Bertz CT molecular complexity index is 953. The smallest absolute Gasteiger partial charge is 0.0366 e. The molecule has 26 heavy (non-hydrogen) atoms. The van der Waals surface area contributed by atoms with E-state index in [0.717, 1.165) is 17.7 Å². The Labute approximate surface area is 155 Å². The molecule has 0 radical (unpaired) electrons. The lowest BCUT2D eigenvalue weighted by atomic mass is 9.68. The first kappa shape index (κ1) is 16.4. The largest absolute Gasteiger partial charge is 0.401 e. The van der Waals surface area contributed by atoms with Crippen LogP contribution in [0, 0.1) is 0 Å². The fourth-order valence-corrected chi connectivity index (χ4v) is 3.83. The maximum absolute atomic E-state index is 6.80. The Morgan fingerprint density at radius 1 is 0.692 bits per heavy atom. The first-order chi connectivity index (χ1) is 12.7. The molecule has 3 aromatic carbocycles. The summed E-state index contributed by atoms with van der Waals surface area (Å²) >= 11 is 0. The van der Waals surface area contributed by atoms with E-state index in [0.29, 0.717) is 0 Å². The SMILES string of the molecule is CC1(c2ccccc2)CC(c2ccccc2)=CC(c2ccccc2)=C1N. The number of hydrogen-bond donors (Lipinski definition) is 1. The summed E-state index contributed by atoms with van der Waals surface area (Å²) in [6, 6.07) is 31.7. The van der Waals surface area contributed by atoms with Crippen LogP contribution in [0.3, 0.4) is 0 Å². The molecule has 1 heteroatoms. The van der Waals surface area contributed by atoms with Gasteiger partial charge < -0.3 is 5.73 Å². The van der Waals surface area contributed by atoms with Crippen LogP contribution < -0.4 is 5.73 Å². The normalized spacial score (nSPS) is 20.0. The molecule has 2 N–H and O–H groups in total. The third kappa shape index (κ3) is 2.86. The molecule has 0 aliphatic heterocycles. The number of rotatable bonds is 3. The molecule has 0 amide bonds. The zero-order chi connectivity index (χ0) is 18.0. The molecular formula is C25H23N. The Morgan fingerprint density at radius 3 is 1.77 bits per heavy atom. The van der Waals surface area contributed by atoms with Gasteiger partial charge in [-0.2, -0.15) is 0 Å². The fraction of sp³-hybridized carbons (Fsp3) is 0.120. The van der Waals surface area contributed by atoms with Crippen molar-refractivity contribution in [2.75, 3.05) is 0 Å². The van der Waals surface area contributed by atoms with E-state index >= 15 is 0 Å². The molecule has 1 atom stereocenters. The van der Waals surface area contributed by atoms with Crippen LogP contribution in [0.2, 0.25) is 0 Å². The quantitative estimate of drug-likeness (QED) is 0.642. The van der Waals surface area contributed by atoms with Gasteiger partial charge in [0.2, 0.25) is 0 Å². The summed E-state index contributed by atoms with van der Waals surface area (Å²) < 4.78 is 0. The van der Waals surface area contributed by atoms with E-state index in [-0.39, 0.29) is 5.41 Å². The minimum Gasteiger partial charge on any atom is -0.401 e. The number of hydrogen-bond acceptors (Lipinski definition) is 1. The second-order valence-corrected chi connectivity index (χ2v) is 7.10. The summed E-state index contributed by atoms with van der Waals surface area (Å²) in [6.07, 6.45) is 3.16. The Balaban J connectivity index is 1.92. The van der Waals surface area contributed by atoms with Crippen LogP contribution in [0.5, 0.6) is 0 Å². The van der Waals surface area contributed by atoms with Crippen LogP contribution in [0.4, 0.5) is 0 Å². The van der Waals surface area contributed by atoms with Gasteiger partial charge in [0.1, 0.15) is 0 Å². The van der Waals surface area contributed by atoms with Crippen LogP contribution in [0.15, 0.2) is 103 Å². The van der Waals surface area contributed by atoms with Gasteiger partial charge in [0, 0.05) is 16.7 Å². The fourth-order valence-electron chi connectivity index (χ4n) is 3.83. The average Bonchev–Trinajstić information content (AvgIpc) is 2.72. The molecule has 1 nitrogen and oxygen atoms in total. The van der Waals surface area contributed by atoms with Crippen molar-refractivity contribution in [1.29, 1.82) is 0 Å². The van der Waals surface area contributed by atoms with Gasteiger partial charge in [-0.25, -0.2) is 0 Å². The Hall–Kier alpha value is -3.06. The van der Waals surface area contributed by atoms with Crippen molar-refractivity contribution < 1.29 is 0 Å². The highest BCUT2D eigenvalue weighted by molar-refractivity contribution is 5.89. The van der Waals surface area contributed by atoms with Crippen molar-refractivity contribution in [1.82, 2.24) is 0 Å². The van der Waals surface area contributed by atoms with E-state index in [1.807, 2.05) is 6.07 Å². The lowest BCUT2D eigenvalue weighted by Crippen LogP contribution is -2.33. The molecule has 0 spiro atoms. The van der Waals surface area contributed by atoms with Crippen molar-refractivity contribution in [2.45, 2.75) is 18.8 Å². The topological polar surface area (TPSA) is 26.0 Å². The molecule has 0 saturated heterocycles. The van der Waals surface area contributed by atoms with Crippen LogP contribution in [-0.2, 0) is 5.41 Å². The van der Waals surface area contributed by atoms with Gasteiger partial charge in [0.15, 0.2) is 0 Å². The highest BCUT2D eigenvalue weighted by atomic mass is 14.7. The van der Waals surface area contributed by atoms with Crippen molar-refractivity contribution in [3.8, 4) is 0 Å². The van der Waals surface area contributed by atoms with Gasteiger partial charge in [-0.3, -0.25) is 0 Å². The van der Waals surface area contributed by atoms with Gasteiger partial charge in [-0.05, 0) is 41.7 Å². The van der Waals surface area contributed by atoms with E-state index in [2.05, 4.69) is 97.9 Å². The summed E-state index contributed by atoms with van der Waals surface area (Å²) in [5.74, 6) is 0. The maximum Gasteiger partial charge on any atom is 0.0366 e. The van der Waals surface area contributed by atoms with Crippen LogP contribution in [0.1, 0.15) is 30.0 Å². The highest BCUT2D eigenvalue weighted by Crippen LogP contribution is 2.45. The molecule has 1 aliphatic rings. The number of benzene rings is 3. The van der Waals surface area contributed by atoms with Crippen LogP contribution in [-0.4, -0.2) is 0 Å². The van der Waals surface area contributed by atoms with Gasteiger partial charge in [-0.1, -0.05) is 91.0 Å². The Kier molecular flexibility index (Phi) is 4.22. The predicted octanol–water partition coefficient (Wildman–Crippen LogP) is 5.80. The summed E-state index contributed by atoms with van der Waals surface area (Å²) in [4.78, 5) is 0. The Morgan fingerprint density at radius 2 is 1.19 bits per heavy atom. The van der Waals surface area contributed by atoms with Gasteiger partial charge in [-0.15, -0.1) is 0 Å². The van der Waals surface area contributed by atoms with Gasteiger partial charge in [0.25, 0.3) is 0 Å². The zero-order valence-corrected chi connectivity index (χ0v) is 15.0. The molecule has 1 unspecified atom stereocenters. The zero-order valence-electron chi connectivity index (χ0n) is 15.0. The predicted molar refractivity (Wildman–Crippen MR) is 110 cm³/mol. The molecule has 1 aliphatic carbocycles. The summed E-state index contributed by atoms with van der Waals surface area (Å²) in [6.45, 7) is 2.26. The average molecular weight is 337 g/mol. The van der Waals surface area contributed by atoms with Crippen molar-refractivity contribution in [2.24, 2.45) is 5.73 Å². The summed E-state index contributed by atoms with van der Waals surface area (Å²) in [5.41, 5.74) is 13.6. The molecule has 0 fully saturated rings. The molecular weight excluding hydrogens is 314 g/mol. The third-order valence-corrected chi connectivity index (χ3v) is 5.39. The molecule has 0 heterocycles.